The van der Waals surface area contributed by atoms with Crippen molar-refractivity contribution in [3.63, 3.8) is 0 Å². The highest BCUT2D eigenvalue weighted by Gasteiger charge is 2.70. The fraction of sp³-hybridized carbons (Fsp3) is 0.515. The number of aromatic hydroxyl groups is 3. The number of aromatic nitrogens is 3. The van der Waals surface area contributed by atoms with Gasteiger partial charge in [0.2, 0.25) is 5.75 Å². The van der Waals surface area contributed by atoms with Gasteiger partial charge in [0.05, 0.1) is 47.0 Å². The number of guanidine groups is 1. The Balaban J connectivity index is 0.933. The molecular weight excluding hydrogens is 1090 g/mol. The van der Waals surface area contributed by atoms with Gasteiger partial charge in [0.15, 0.2) is 29.0 Å². The van der Waals surface area contributed by atoms with Crippen LogP contribution in [0.25, 0.3) is 10.9 Å². The number of phenols is 3. The molecule has 14 atom stereocenters. The van der Waals surface area contributed by atoms with Crippen LogP contribution in [0.1, 0.15) is 131 Å². The maximum atomic E-state index is 13.9. The Morgan fingerprint density at radius 1 is 1.00 bits per heavy atom. The molecule has 2 aromatic carbocycles. The van der Waals surface area contributed by atoms with E-state index in [1.165, 1.54) is 24.3 Å². The van der Waals surface area contributed by atoms with E-state index in [-0.39, 0.29) is 53.4 Å². The molecule has 450 valence electrons. The zero-order valence-corrected chi connectivity index (χ0v) is 48.8. The molecular formula is C68H79N9O9. The first-order chi connectivity index (χ1) is 41.9. The number of allylic oxidation sites excluding steroid dienone is 2. The number of pyridine rings is 1. The van der Waals surface area contributed by atoms with Gasteiger partial charge in [-0.1, -0.05) is 48.8 Å². The van der Waals surface area contributed by atoms with E-state index in [1.807, 2.05) is 36.5 Å². The van der Waals surface area contributed by atoms with E-state index in [4.69, 9.17) is 29.7 Å². The molecule has 4 bridgehead atoms. The minimum atomic E-state index is -1.05. The van der Waals surface area contributed by atoms with Gasteiger partial charge in [-0.2, -0.15) is 0 Å². The van der Waals surface area contributed by atoms with Crippen molar-refractivity contribution in [3.8, 4) is 52.4 Å². The Bertz CT molecular complexity index is 3630. The van der Waals surface area contributed by atoms with Crippen LogP contribution in [-0.2, 0) is 33.5 Å². The fourth-order valence-corrected chi connectivity index (χ4v) is 16.9. The van der Waals surface area contributed by atoms with Crippen molar-refractivity contribution < 1.29 is 44.2 Å². The molecule has 5 fully saturated rings. The number of rotatable bonds is 10. The quantitative estimate of drug-likeness (QED) is 0.0275. The molecule has 3 saturated carbocycles. The zero-order valence-electron chi connectivity index (χ0n) is 48.8. The van der Waals surface area contributed by atoms with E-state index in [1.54, 1.807) is 24.5 Å². The Kier molecular flexibility index (Phi) is 14.9. The van der Waals surface area contributed by atoms with Gasteiger partial charge in [-0.15, -0.1) is 5.92 Å². The van der Waals surface area contributed by atoms with Crippen LogP contribution in [0.15, 0.2) is 102 Å². The van der Waals surface area contributed by atoms with Crippen molar-refractivity contribution in [3.05, 3.63) is 119 Å². The predicted molar refractivity (Wildman–Crippen MR) is 323 cm³/mol. The third kappa shape index (κ3) is 9.95. The second-order valence-electron chi connectivity index (χ2n) is 25.7. The highest BCUT2D eigenvalue weighted by molar-refractivity contribution is 5.85. The van der Waals surface area contributed by atoms with Crippen molar-refractivity contribution >= 4 is 22.8 Å². The average molecular weight is 1170 g/mol. The van der Waals surface area contributed by atoms with Crippen LogP contribution in [0.2, 0.25) is 0 Å². The van der Waals surface area contributed by atoms with Crippen LogP contribution in [-0.4, -0.2) is 103 Å². The summed E-state index contributed by atoms with van der Waals surface area (Å²) >= 11 is 0. The zero-order chi connectivity index (χ0) is 58.7. The van der Waals surface area contributed by atoms with Gasteiger partial charge in [0, 0.05) is 104 Å². The lowest BCUT2D eigenvalue weighted by Gasteiger charge is -2.65. The number of fused-ring (bicyclic) bond motifs is 8. The molecule has 9 aliphatic rings. The SMILES string of the molecule is CC(=O)OC1CC(c2cc(O)c(O)c(OCCc3cccnc3)c2)OC2C1CCC1C#CC3C4CCCC35NC(=NCCCC3=CCNC(N)=C3)NC3n6cc7[nH]ccc7c6CCC35C(O)NC3CCCCC3C#CCC12Cc1ccc(O)c(c1)O4. The highest BCUT2D eigenvalue weighted by Crippen LogP contribution is 2.61. The van der Waals surface area contributed by atoms with Crippen LogP contribution in [0.4, 0.5) is 0 Å². The van der Waals surface area contributed by atoms with Crippen LogP contribution in [0.3, 0.4) is 0 Å². The predicted octanol–water partition coefficient (Wildman–Crippen LogP) is 8.09. The molecule has 5 aromatic rings. The number of aromatic amines is 1. The third-order valence-electron chi connectivity index (χ3n) is 20.9. The number of aliphatic hydroxyl groups excluding tert-OH is 1. The number of phenolic OH excluding ortho intramolecular Hbond substituents is 3. The summed E-state index contributed by atoms with van der Waals surface area (Å²) in [6.45, 7) is 2.88. The second-order valence-corrected chi connectivity index (χ2v) is 25.7. The Morgan fingerprint density at radius 3 is 2.78 bits per heavy atom. The van der Waals surface area contributed by atoms with E-state index >= 15 is 0 Å². The van der Waals surface area contributed by atoms with Crippen LogP contribution < -0.4 is 36.5 Å². The van der Waals surface area contributed by atoms with Gasteiger partial charge < -0.3 is 70.6 Å². The van der Waals surface area contributed by atoms with E-state index in [0.29, 0.717) is 100 Å². The summed E-state index contributed by atoms with van der Waals surface area (Å²) in [6.07, 6.45) is 19.4. The average Bonchev–Trinajstić information content (AvgIpc) is 1.09. The highest BCUT2D eigenvalue weighted by atomic mass is 16.6. The summed E-state index contributed by atoms with van der Waals surface area (Å²) in [5, 5.41) is 65.0. The van der Waals surface area contributed by atoms with Gasteiger partial charge in [-0.3, -0.25) is 20.1 Å². The van der Waals surface area contributed by atoms with Gasteiger partial charge in [-0.05, 0) is 142 Å². The summed E-state index contributed by atoms with van der Waals surface area (Å²) in [5.41, 5.74) is 9.21. The van der Waals surface area contributed by atoms with Gasteiger partial charge >= 0.3 is 5.97 Å². The summed E-state index contributed by atoms with van der Waals surface area (Å²) in [4.78, 5) is 26.5. The molecule has 18 nitrogen and oxygen atoms in total. The maximum Gasteiger partial charge on any atom is 0.302 e. The number of nitrogens with two attached hydrogens (primary N) is 1. The van der Waals surface area contributed by atoms with Crippen molar-refractivity contribution in [2.45, 2.75) is 164 Å². The van der Waals surface area contributed by atoms with Crippen molar-refractivity contribution in [2.24, 2.45) is 45.2 Å². The summed E-state index contributed by atoms with van der Waals surface area (Å²) in [5.74, 6) is 15.2. The molecule has 6 aliphatic heterocycles. The first kappa shape index (κ1) is 56.1. The Morgan fingerprint density at radius 2 is 1.91 bits per heavy atom. The number of ether oxygens (including phenoxy) is 4. The number of benzene rings is 2. The molecule has 14 rings (SSSR count). The molecule has 3 aromatic heterocycles. The van der Waals surface area contributed by atoms with Gasteiger partial charge in [0.25, 0.3) is 0 Å². The number of hydrogen-bond donors (Lipinski definition) is 10. The largest absolute Gasteiger partial charge is 0.504 e. The normalized spacial score (nSPS) is 33.7. The molecule has 0 amide bonds. The number of dihydropyridines is 1. The molecule has 2 spiro atoms. The first-order valence-corrected chi connectivity index (χ1v) is 31.4. The lowest BCUT2D eigenvalue weighted by Crippen LogP contribution is -2.81. The molecule has 9 heterocycles. The van der Waals surface area contributed by atoms with Crippen LogP contribution in [0.5, 0.6) is 28.7 Å². The van der Waals surface area contributed by atoms with Crippen molar-refractivity contribution in [1.82, 2.24) is 35.8 Å². The monoisotopic (exact) mass is 1170 g/mol. The molecule has 3 aliphatic carbocycles. The smallest absolute Gasteiger partial charge is 0.302 e. The molecule has 86 heavy (non-hydrogen) atoms. The number of aliphatic imine (C=N–C) groups is 1. The number of aryl methyl sites for hydroxylation is 1. The summed E-state index contributed by atoms with van der Waals surface area (Å²) in [7, 11) is 0. The standard InChI is InChI=1S/C68H79N9O9/c1-40(78)84-57-36-56(45-34-54(80)61(81)59(35-45)83-31-23-42-9-6-27-70-38-42)86-62-48(57)17-15-46-16-18-49-55-13-5-25-68(49)67(64(82)74-50-12-3-2-10-44(50)11-4-24-66(46,62)37-43-14-19-53(79)58(32-43)85-55)26-20-52-47-22-30-71-51(47)39-77(52)63(67)75-65(76-68)73-28-7-8-41-21-29-72-60(69)33-41/h6,9,14,19,21-22,27,30,32-35,38-39,44,46,48-50,55-57,62-64,71-72,74,79-82H,2-3,5,7-8,10,12-13,15,17,20,23-26,28-29,31,36-37,69H2,1H3,(H2,73,75,76). The van der Waals surface area contributed by atoms with Crippen LogP contribution in [0, 0.1) is 58.2 Å². The molecule has 0 radical (unpaired) electrons. The minimum Gasteiger partial charge on any atom is -0.504 e. The lowest BCUT2D eigenvalue weighted by molar-refractivity contribution is -0.219. The molecule has 11 N–H and O–H groups in total. The van der Waals surface area contributed by atoms with Crippen LogP contribution >= 0.6 is 0 Å². The Labute approximate surface area is 501 Å². The number of aliphatic hydroxyl groups is 1. The number of esters is 1. The fourth-order valence-electron chi connectivity index (χ4n) is 16.9. The number of carbonyl (C=O) groups excluding carboxylic acids is 1. The summed E-state index contributed by atoms with van der Waals surface area (Å²) in [6, 6.07) is 14.8. The third-order valence-corrected chi connectivity index (χ3v) is 20.9. The van der Waals surface area contributed by atoms with Crippen molar-refractivity contribution in [2.75, 3.05) is 19.7 Å². The topological polar surface area (TPSA) is 255 Å². The number of nitrogens with zero attached hydrogens (tertiary/aromatic N) is 3. The second kappa shape index (κ2) is 22.8. The van der Waals surface area contributed by atoms with E-state index < -0.39 is 65.1 Å². The van der Waals surface area contributed by atoms with Crippen molar-refractivity contribution in [1.29, 1.82) is 0 Å². The number of carbonyl (C=O) groups is 1. The van der Waals surface area contributed by atoms with E-state index in [2.05, 4.69) is 77.8 Å². The number of H-pyrrole nitrogens is 1. The number of hydrogen-bond acceptors (Lipinski definition) is 14. The van der Waals surface area contributed by atoms with E-state index in [9.17, 15) is 25.2 Å². The molecule has 14 unspecified atom stereocenters. The Hall–Kier alpha value is -7.77. The van der Waals surface area contributed by atoms with Gasteiger partial charge in [-0.25, -0.2) is 0 Å². The molecule has 18 heteroatoms. The van der Waals surface area contributed by atoms with E-state index in [0.717, 1.165) is 67.0 Å². The molecule has 2 saturated heterocycles. The first-order valence-electron chi connectivity index (χ1n) is 31.4. The summed E-state index contributed by atoms with van der Waals surface area (Å²) < 4.78 is 30.0. The lowest BCUT2D eigenvalue weighted by atomic mass is 9.51. The maximum absolute atomic E-state index is 13.9. The van der Waals surface area contributed by atoms with Gasteiger partial charge in [0.1, 0.15) is 24.6 Å². The minimum absolute atomic E-state index is 0.0164. The number of nitrogens with one attached hydrogen (secondary N) is 5.